The van der Waals surface area contributed by atoms with Gasteiger partial charge in [-0.15, -0.1) is 0 Å². The van der Waals surface area contributed by atoms with Crippen molar-refractivity contribution in [1.29, 1.82) is 0 Å². The predicted molar refractivity (Wildman–Crippen MR) is 105 cm³/mol. The van der Waals surface area contributed by atoms with Crippen molar-refractivity contribution in [2.45, 2.75) is 51.9 Å². The molecule has 0 heterocycles. The Hall–Kier alpha value is -2.44. The Labute approximate surface area is 164 Å². The van der Waals surface area contributed by atoms with Crippen molar-refractivity contribution in [1.82, 2.24) is 5.32 Å². The van der Waals surface area contributed by atoms with Gasteiger partial charge in [0, 0.05) is 30.5 Å². The number of carbonyl (C=O) groups is 2. The lowest BCUT2D eigenvalue weighted by atomic mass is 9.49. The molecule has 7 nitrogen and oxygen atoms in total. The number of anilines is 1. The lowest BCUT2D eigenvalue weighted by molar-refractivity contribution is -0.384. The summed E-state index contributed by atoms with van der Waals surface area (Å²) in [5.41, 5.74) is 0.932. The van der Waals surface area contributed by atoms with Gasteiger partial charge in [-0.05, 0) is 68.8 Å². The first kappa shape index (κ1) is 18.9. The van der Waals surface area contributed by atoms with Crippen LogP contribution in [0.3, 0.4) is 0 Å². The molecule has 4 fully saturated rings. The molecule has 2 amide bonds. The van der Waals surface area contributed by atoms with E-state index < -0.39 is 4.92 Å². The van der Waals surface area contributed by atoms with Crippen molar-refractivity contribution in [2.75, 3.05) is 11.9 Å². The first-order valence-corrected chi connectivity index (χ1v) is 10.2. The Kier molecular flexibility index (Phi) is 4.85. The van der Waals surface area contributed by atoms with Gasteiger partial charge in [0.1, 0.15) is 0 Å². The van der Waals surface area contributed by atoms with Crippen LogP contribution < -0.4 is 10.6 Å². The number of hydrogen-bond acceptors (Lipinski definition) is 4. The van der Waals surface area contributed by atoms with E-state index in [1.807, 2.05) is 0 Å². The number of amides is 2. The van der Waals surface area contributed by atoms with E-state index in [0.29, 0.717) is 30.0 Å². The third-order valence-electron chi connectivity index (χ3n) is 6.86. The number of carbonyl (C=O) groups excluding carboxylic acids is 2. The monoisotopic (exact) mass is 385 g/mol. The highest BCUT2D eigenvalue weighted by molar-refractivity contribution is 5.92. The van der Waals surface area contributed by atoms with Crippen LogP contribution >= 0.6 is 0 Å². The first-order valence-electron chi connectivity index (χ1n) is 10.2. The van der Waals surface area contributed by atoms with Gasteiger partial charge in [0.25, 0.3) is 5.69 Å². The lowest BCUT2D eigenvalue weighted by Crippen LogP contribution is -2.53. The zero-order valence-corrected chi connectivity index (χ0v) is 16.2. The minimum Gasteiger partial charge on any atom is -0.355 e. The number of hydrogen-bond donors (Lipinski definition) is 2. The molecule has 4 aliphatic rings. The average molecular weight is 385 g/mol. The Morgan fingerprint density at radius 2 is 1.75 bits per heavy atom. The highest BCUT2D eigenvalue weighted by atomic mass is 16.6. The smallest absolute Gasteiger partial charge is 0.271 e. The number of nitro benzene ring substituents is 1. The molecule has 2 N–H and O–H groups in total. The van der Waals surface area contributed by atoms with Crippen molar-refractivity contribution in [3.05, 3.63) is 33.9 Å². The number of nitro groups is 1. The lowest BCUT2D eigenvalue weighted by Gasteiger charge is -2.55. The third-order valence-corrected chi connectivity index (χ3v) is 6.86. The molecule has 0 spiro atoms. The Balaban J connectivity index is 1.30. The van der Waals surface area contributed by atoms with Crippen molar-refractivity contribution in [2.24, 2.45) is 23.2 Å². The van der Waals surface area contributed by atoms with E-state index in [-0.39, 0.29) is 29.3 Å². The number of rotatable bonds is 6. The number of nitrogens with one attached hydrogen (secondary N) is 2. The molecule has 7 heteroatoms. The van der Waals surface area contributed by atoms with Gasteiger partial charge in [0.15, 0.2) is 0 Å². The van der Waals surface area contributed by atoms with Crippen LogP contribution in [0.1, 0.15) is 50.5 Å². The summed E-state index contributed by atoms with van der Waals surface area (Å²) >= 11 is 0. The molecule has 4 aliphatic carbocycles. The van der Waals surface area contributed by atoms with Crippen molar-refractivity contribution in [3.63, 3.8) is 0 Å². The summed E-state index contributed by atoms with van der Waals surface area (Å²) in [5.74, 6) is 1.98. The largest absolute Gasteiger partial charge is 0.355 e. The maximum atomic E-state index is 12.9. The van der Waals surface area contributed by atoms with E-state index in [9.17, 15) is 19.7 Å². The number of aryl methyl sites for hydroxylation is 1. The normalized spacial score (nSPS) is 30.1. The number of non-ortho nitro benzene ring substituents is 1. The van der Waals surface area contributed by atoms with E-state index in [2.05, 4.69) is 10.6 Å². The summed E-state index contributed by atoms with van der Waals surface area (Å²) in [4.78, 5) is 35.6. The van der Waals surface area contributed by atoms with Crippen LogP contribution in [-0.4, -0.2) is 23.3 Å². The van der Waals surface area contributed by atoms with Crippen LogP contribution in [0.15, 0.2) is 18.2 Å². The second-order valence-electron chi connectivity index (χ2n) is 9.01. The minimum absolute atomic E-state index is 0.0592. The molecule has 0 saturated heterocycles. The summed E-state index contributed by atoms with van der Waals surface area (Å²) in [6, 6.07) is 4.39. The van der Waals surface area contributed by atoms with Gasteiger partial charge in [-0.25, -0.2) is 0 Å². The number of nitrogens with zero attached hydrogens (tertiary/aromatic N) is 1. The molecule has 1 aromatic carbocycles. The van der Waals surface area contributed by atoms with Crippen LogP contribution in [0.5, 0.6) is 0 Å². The highest BCUT2D eigenvalue weighted by Crippen LogP contribution is 2.60. The van der Waals surface area contributed by atoms with Crippen LogP contribution in [-0.2, 0) is 9.59 Å². The zero-order chi connectivity index (χ0) is 19.9. The van der Waals surface area contributed by atoms with E-state index in [0.717, 1.165) is 24.8 Å². The first-order chi connectivity index (χ1) is 13.3. The molecule has 0 aromatic heterocycles. The molecule has 150 valence electrons. The highest BCUT2D eigenvalue weighted by Gasteiger charge is 2.54. The molecule has 1 aromatic rings. The molecule has 0 radical (unpaired) electrons. The Morgan fingerprint density at radius 3 is 2.32 bits per heavy atom. The molecule has 0 unspecified atom stereocenters. The molecule has 4 bridgehead atoms. The Bertz CT molecular complexity index is 785. The topological polar surface area (TPSA) is 101 Å². The van der Waals surface area contributed by atoms with Crippen molar-refractivity contribution >= 4 is 23.2 Å². The fraction of sp³-hybridized carbons (Fsp3) is 0.619. The summed E-state index contributed by atoms with van der Waals surface area (Å²) in [5, 5.41) is 16.6. The standard InChI is InChI=1S/C21H27N3O4/c1-13-2-3-17(24(27)28)9-18(13)23-19(25)4-5-22-20(26)21-10-14-6-15(11-21)8-16(7-14)12-21/h2-3,9,14-16H,4-8,10-12H2,1H3,(H,22,26)(H,23,25). The molecule has 5 rings (SSSR count). The molecule has 4 saturated carbocycles. The van der Waals surface area contributed by atoms with Crippen LogP contribution in [0, 0.1) is 40.2 Å². The second kappa shape index (κ2) is 7.18. The molecule has 28 heavy (non-hydrogen) atoms. The van der Waals surface area contributed by atoms with Gasteiger partial charge in [-0.3, -0.25) is 19.7 Å². The summed E-state index contributed by atoms with van der Waals surface area (Å²) in [6.07, 6.45) is 7.03. The van der Waals surface area contributed by atoms with Gasteiger partial charge < -0.3 is 10.6 Å². The number of benzene rings is 1. The van der Waals surface area contributed by atoms with Gasteiger partial charge >= 0.3 is 0 Å². The van der Waals surface area contributed by atoms with E-state index in [1.165, 1.54) is 31.4 Å². The van der Waals surface area contributed by atoms with Gasteiger partial charge in [0.05, 0.1) is 10.6 Å². The SMILES string of the molecule is Cc1ccc([N+](=O)[O-])cc1NC(=O)CCNC(=O)C12CC3CC(CC(C3)C1)C2. The van der Waals surface area contributed by atoms with E-state index >= 15 is 0 Å². The van der Waals surface area contributed by atoms with Crippen molar-refractivity contribution in [3.8, 4) is 0 Å². The summed E-state index contributed by atoms with van der Waals surface area (Å²) in [7, 11) is 0. The molecular weight excluding hydrogens is 358 g/mol. The van der Waals surface area contributed by atoms with Crippen LogP contribution in [0.4, 0.5) is 11.4 Å². The maximum Gasteiger partial charge on any atom is 0.271 e. The molecular formula is C21H27N3O4. The minimum atomic E-state index is -0.485. The van der Waals surface area contributed by atoms with Crippen molar-refractivity contribution < 1.29 is 14.5 Å². The van der Waals surface area contributed by atoms with Gasteiger partial charge in [-0.1, -0.05) is 6.07 Å². The quantitative estimate of drug-likeness (QED) is 0.577. The van der Waals surface area contributed by atoms with E-state index in [4.69, 9.17) is 0 Å². The second-order valence-corrected chi connectivity index (χ2v) is 9.01. The summed E-state index contributed by atoms with van der Waals surface area (Å²) in [6.45, 7) is 2.08. The molecule has 0 aliphatic heterocycles. The fourth-order valence-corrected chi connectivity index (χ4v) is 5.94. The Morgan fingerprint density at radius 1 is 1.14 bits per heavy atom. The van der Waals surface area contributed by atoms with Crippen LogP contribution in [0.2, 0.25) is 0 Å². The zero-order valence-electron chi connectivity index (χ0n) is 16.2. The summed E-state index contributed by atoms with van der Waals surface area (Å²) < 4.78 is 0. The maximum absolute atomic E-state index is 12.9. The third kappa shape index (κ3) is 3.62. The van der Waals surface area contributed by atoms with Gasteiger partial charge in [-0.2, -0.15) is 0 Å². The fourth-order valence-electron chi connectivity index (χ4n) is 5.94. The van der Waals surface area contributed by atoms with Gasteiger partial charge in [0.2, 0.25) is 11.8 Å². The average Bonchev–Trinajstić information content (AvgIpc) is 2.62. The van der Waals surface area contributed by atoms with Crippen LogP contribution in [0.25, 0.3) is 0 Å². The molecule has 0 atom stereocenters. The van der Waals surface area contributed by atoms with E-state index in [1.54, 1.807) is 13.0 Å². The predicted octanol–water partition coefficient (Wildman–Crippen LogP) is 3.56.